The van der Waals surface area contributed by atoms with Crippen molar-refractivity contribution in [2.45, 2.75) is 110 Å². The van der Waals surface area contributed by atoms with Gasteiger partial charge >= 0.3 is 22.4 Å². The molecule has 0 bridgehead atoms. The number of unbranched alkanes of at least 4 members (excludes halogenated alkanes) is 14. The number of rotatable bonds is 16. The molecule has 0 N–H and O–H groups in total. The number of carbonyl (C=O) groups excluding carboxylic acids is 1. The number of carboxylic acids is 1. The minimum Gasteiger partial charge on any atom is -0.550 e. The summed E-state index contributed by atoms with van der Waals surface area (Å²) >= 11 is 0. The SMILES string of the molecule is CCCCCCCCCCCCCCCCCC(=O)[O-].[Au+]. The van der Waals surface area contributed by atoms with Gasteiger partial charge in [-0.1, -0.05) is 96.8 Å². The van der Waals surface area contributed by atoms with Crippen LogP contribution in [0.4, 0.5) is 0 Å². The maximum Gasteiger partial charge on any atom is 1.00 e. The molecule has 0 amide bonds. The van der Waals surface area contributed by atoms with Crippen LogP contribution in [-0.2, 0) is 27.2 Å². The van der Waals surface area contributed by atoms with Crippen LogP contribution in [0.25, 0.3) is 0 Å². The van der Waals surface area contributed by atoms with Gasteiger partial charge in [0.2, 0.25) is 0 Å². The Hall–Kier alpha value is 0.210. The monoisotopic (exact) mass is 480 g/mol. The Bertz CT molecular complexity index is 207. The van der Waals surface area contributed by atoms with Crippen LogP contribution in [0.5, 0.6) is 0 Å². The summed E-state index contributed by atoms with van der Waals surface area (Å²) in [5, 5.41) is 10.2. The van der Waals surface area contributed by atoms with Crippen molar-refractivity contribution in [3.63, 3.8) is 0 Å². The smallest absolute Gasteiger partial charge is 0.550 e. The number of hydrogen-bond acceptors (Lipinski definition) is 2. The second kappa shape index (κ2) is 20.2. The number of carbonyl (C=O) groups is 1. The number of carboxylic acid groups (broad SMARTS) is 1. The van der Waals surface area contributed by atoms with Crippen molar-refractivity contribution in [3.8, 4) is 0 Å². The van der Waals surface area contributed by atoms with Gasteiger partial charge in [0.05, 0.1) is 0 Å². The Kier molecular flexibility index (Phi) is 22.6. The van der Waals surface area contributed by atoms with Gasteiger partial charge < -0.3 is 9.90 Å². The summed E-state index contributed by atoms with van der Waals surface area (Å²) in [5.74, 6) is -0.903. The largest absolute Gasteiger partial charge is 1.00 e. The Balaban J connectivity index is 0. The van der Waals surface area contributed by atoms with Crippen LogP contribution in [0.15, 0.2) is 0 Å². The molecule has 0 heterocycles. The van der Waals surface area contributed by atoms with Gasteiger partial charge in [0, 0.05) is 5.97 Å². The summed E-state index contributed by atoms with van der Waals surface area (Å²) in [7, 11) is 0. The quantitative estimate of drug-likeness (QED) is 0.231. The molecule has 0 rings (SSSR count). The zero-order valence-electron chi connectivity index (χ0n) is 13.9. The van der Waals surface area contributed by atoms with Crippen LogP contribution in [-0.4, -0.2) is 5.97 Å². The van der Waals surface area contributed by atoms with E-state index >= 15 is 0 Å². The fraction of sp³-hybridized carbons (Fsp3) is 0.944. The van der Waals surface area contributed by atoms with E-state index in [1.807, 2.05) is 0 Å². The molecule has 0 spiro atoms. The Labute approximate surface area is 148 Å². The predicted octanol–water partition coefficient (Wildman–Crippen LogP) is 5.00. The molecule has 0 radical (unpaired) electrons. The van der Waals surface area contributed by atoms with Crippen LogP contribution < -0.4 is 5.11 Å². The minimum absolute atomic E-state index is 0. The van der Waals surface area contributed by atoms with Crippen LogP contribution >= 0.6 is 0 Å². The Morgan fingerprint density at radius 3 is 1.19 bits per heavy atom. The maximum atomic E-state index is 10.2. The second-order valence-electron chi connectivity index (χ2n) is 6.07. The first kappa shape index (κ1) is 23.5. The van der Waals surface area contributed by atoms with E-state index in [4.69, 9.17) is 0 Å². The molecule has 0 aliphatic carbocycles. The van der Waals surface area contributed by atoms with E-state index in [1.165, 1.54) is 83.5 Å². The first-order valence-electron chi connectivity index (χ1n) is 8.97. The molecule has 2 nitrogen and oxygen atoms in total. The summed E-state index contributed by atoms with van der Waals surface area (Å²) in [6.45, 7) is 2.27. The van der Waals surface area contributed by atoms with Crippen molar-refractivity contribution >= 4 is 5.97 Å². The van der Waals surface area contributed by atoms with Crippen molar-refractivity contribution in [1.29, 1.82) is 0 Å². The topological polar surface area (TPSA) is 40.1 Å². The van der Waals surface area contributed by atoms with Gasteiger partial charge in [-0.3, -0.25) is 0 Å². The zero-order chi connectivity index (χ0) is 14.9. The van der Waals surface area contributed by atoms with Crippen LogP contribution in [0.2, 0.25) is 0 Å². The average Bonchev–Trinajstić information content (AvgIpc) is 2.43. The van der Waals surface area contributed by atoms with Crippen LogP contribution in [0.3, 0.4) is 0 Å². The third-order valence-corrected chi connectivity index (χ3v) is 3.98. The molecule has 0 aromatic carbocycles. The first-order valence-corrected chi connectivity index (χ1v) is 8.97. The Morgan fingerprint density at radius 2 is 0.905 bits per heavy atom. The van der Waals surface area contributed by atoms with E-state index in [0.29, 0.717) is 0 Å². The zero-order valence-corrected chi connectivity index (χ0v) is 16.1. The molecule has 21 heavy (non-hydrogen) atoms. The van der Waals surface area contributed by atoms with E-state index in [0.717, 1.165) is 12.8 Å². The van der Waals surface area contributed by atoms with Crippen molar-refractivity contribution in [2.24, 2.45) is 0 Å². The van der Waals surface area contributed by atoms with Gasteiger partial charge in [0.1, 0.15) is 0 Å². The van der Waals surface area contributed by atoms with Crippen molar-refractivity contribution < 1.29 is 32.3 Å². The molecule has 0 saturated heterocycles. The van der Waals surface area contributed by atoms with E-state index < -0.39 is 5.97 Å². The fourth-order valence-corrected chi connectivity index (χ4v) is 2.64. The van der Waals surface area contributed by atoms with Gasteiger partial charge in [-0.2, -0.15) is 0 Å². The minimum atomic E-state index is -0.903. The molecule has 0 saturated carbocycles. The predicted molar refractivity (Wildman–Crippen MR) is 84.6 cm³/mol. The molecule has 0 aliphatic heterocycles. The molecule has 0 aromatic rings. The van der Waals surface area contributed by atoms with Crippen molar-refractivity contribution in [1.82, 2.24) is 0 Å². The normalized spacial score (nSPS) is 10.3. The van der Waals surface area contributed by atoms with Crippen molar-refractivity contribution in [3.05, 3.63) is 0 Å². The number of aliphatic carboxylic acids is 1. The fourth-order valence-electron chi connectivity index (χ4n) is 2.64. The Morgan fingerprint density at radius 1 is 0.619 bits per heavy atom. The van der Waals surface area contributed by atoms with Gasteiger partial charge in [0.25, 0.3) is 0 Å². The van der Waals surface area contributed by atoms with Gasteiger partial charge in [-0.05, 0) is 12.8 Å². The first-order chi connectivity index (χ1) is 9.77. The molecule has 0 fully saturated rings. The average molecular weight is 480 g/mol. The number of hydrogen-bond donors (Lipinski definition) is 0. The van der Waals surface area contributed by atoms with Gasteiger partial charge in [-0.15, -0.1) is 0 Å². The van der Waals surface area contributed by atoms with E-state index in [1.54, 1.807) is 0 Å². The van der Waals surface area contributed by atoms with E-state index in [-0.39, 0.29) is 28.8 Å². The summed E-state index contributed by atoms with van der Waals surface area (Å²) in [6.07, 6.45) is 19.9. The molecular weight excluding hydrogens is 445 g/mol. The molecule has 0 aromatic heterocycles. The van der Waals surface area contributed by atoms with Gasteiger partial charge in [-0.25, -0.2) is 0 Å². The van der Waals surface area contributed by atoms with E-state index in [9.17, 15) is 9.90 Å². The summed E-state index contributed by atoms with van der Waals surface area (Å²) < 4.78 is 0. The second-order valence-corrected chi connectivity index (χ2v) is 6.07. The molecule has 0 aliphatic rings. The third kappa shape index (κ3) is 22.6. The summed E-state index contributed by atoms with van der Waals surface area (Å²) in [5.41, 5.74) is 0. The summed E-state index contributed by atoms with van der Waals surface area (Å²) in [4.78, 5) is 10.2. The molecule has 0 atom stereocenters. The van der Waals surface area contributed by atoms with E-state index in [2.05, 4.69) is 6.92 Å². The summed E-state index contributed by atoms with van der Waals surface area (Å²) in [6, 6.07) is 0. The van der Waals surface area contributed by atoms with Crippen LogP contribution in [0, 0.1) is 0 Å². The molecule has 0 unspecified atom stereocenters. The molecule has 3 heteroatoms. The molecule has 130 valence electrons. The van der Waals surface area contributed by atoms with Gasteiger partial charge in [0.15, 0.2) is 0 Å². The third-order valence-electron chi connectivity index (χ3n) is 3.98. The maximum absolute atomic E-state index is 10.2. The van der Waals surface area contributed by atoms with Crippen LogP contribution in [0.1, 0.15) is 110 Å². The van der Waals surface area contributed by atoms with Crippen molar-refractivity contribution in [2.75, 3.05) is 0 Å². The standard InChI is InChI=1S/C18H36O2.Au/c1-2-3-4-5-6-7-8-9-10-11-12-13-14-15-16-17-18(19)20;/h2-17H2,1H3,(H,19,20);/q;+1/p-1. The molecular formula is C18H35AuO2.